The second kappa shape index (κ2) is 7.19. The first-order chi connectivity index (χ1) is 11.5. The molecule has 0 bridgehead atoms. The first-order valence-electron chi connectivity index (χ1n) is 7.43. The van der Waals surface area contributed by atoms with Gasteiger partial charge in [0.25, 0.3) is 5.56 Å². The molecule has 1 aromatic carbocycles. The fourth-order valence-corrected chi connectivity index (χ4v) is 3.76. The van der Waals surface area contributed by atoms with Crippen LogP contribution in [0.2, 0.25) is 0 Å². The lowest BCUT2D eigenvalue weighted by Gasteiger charge is -2.16. The van der Waals surface area contributed by atoms with E-state index in [0.29, 0.717) is 21.8 Å². The summed E-state index contributed by atoms with van der Waals surface area (Å²) in [5, 5.41) is 1.84. The lowest BCUT2D eigenvalue weighted by Crippen LogP contribution is -2.29. The van der Waals surface area contributed by atoms with Crippen molar-refractivity contribution in [3.05, 3.63) is 57.5 Å². The summed E-state index contributed by atoms with van der Waals surface area (Å²) in [4.78, 5) is 34.0. The number of carbonyl (C=O) groups excluding carboxylic acids is 1. The molecule has 124 valence electrons. The second-order valence-electron chi connectivity index (χ2n) is 5.50. The molecule has 2 heterocycles. The molecule has 0 saturated heterocycles. The van der Waals surface area contributed by atoms with Crippen LogP contribution < -0.4 is 5.56 Å². The molecule has 0 atom stereocenters. The average molecular weight is 359 g/mol. The van der Waals surface area contributed by atoms with Crippen molar-refractivity contribution in [1.82, 2.24) is 14.9 Å². The van der Waals surface area contributed by atoms with Crippen LogP contribution in [0.1, 0.15) is 11.4 Å². The average Bonchev–Trinajstić information content (AvgIpc) is 3.03. The number of hydrogen-bond acceptors (Lipinski definition) is 5. The van der Waals surface area contributed by atoms with E-state index in [1.807, 2.05) is 42.6 Å². The summed E-state index contributed by atoms with van der Waals surface area (Å²) < 4.78 is 0.614. The van der Waals surface area contributed by atoms with Gasteiger partial charge in [-0.05, 0) is 30.5 Å². The molecule has 0 aliphatic carbocycles. The number of thioether (sulfide) groups is 1. The minimum Gasteiger partial charge on any atom is -0.338 e. The molecule has 0 aliphatic heterocycles. The van der Waals surface area contributed by atoms with E-state index in [2.05, 4.69) is 9.97 Å². The third-order valence-corrected chi connectivity index (χ3v) is 5.46. The minimum atomic E-state index is -0.153. The molecular formula is C17H17N3O2S2. The number of fused-ring (bicyclic) bond motifs is 1. The molecule has 0 unspecified atom stereocenters. The van der Waals surface area contributed by atoms with Gasteiger partial charge in [-0.25, -0.2) is 4.98 Å². The number of benzene rings is 1. The largest absolute Gasteiger partial charge is 0.338 e. The van der Waals surface area contributed by atoms with Gasteiger partial charge in [-0.1, -0.05) is 17.7 Å². The highest BCUT2D eigenvalue weighted by Crippen LogP contribution is 2.19. The van der Waals surface area contributed by atoms with Crippen molar-refractivity contribution in [2.45, 2.75) is 18.4 Å². The van der Waals surface area contributed by atoms with E-state index in [1.54, 1.807) is 11.9 Å². The number of thiophene rings is 1. The molecule has 5 nitrogen and oxygen atoms in total. The van der Waals surface area contributed by atoms with E-state index in [4.69, 9.17) is 0 Å². The Hall–Kier alpha value is -2.12. The molecule has 2 aromatic heterocycles. The predicted molar refractivity (Wildman–Crippen MR) is 98.6 cm³/mol. The summed E-state index contributed by atoms with van der Waals surface area (Å²) in [6.45, 7) is 2.32. The molecule has 3 rings (SSSR count). The Morgan fingerprint density at radius 3 is 2.79 bits per heavy atom. The number of hydrogen-bond donors (Lipinski definition) is 1. The van der Waals surface area contributed by atoms with Crippen molar-refractivity contribution in [3.63, 3.8) is 0 Å². The number of aryl methyl sites for hydroxylation is 1. The zero-order valence-corrected chi connectivity index (χ0v) is 15.0. The van der Waals surface area contributed by atoms with Crippen LogP contribution in [0.25, 0.3) is 10.2 Å². The van der Waals surface area contributed by atoms with E-state index < -0.39 is 0 Å². The molecule has 0 aliphatic rings. The van der Waals surface area contributed by atoms with Crippen LogP contribution in [0, 0.1) is 6.92 Å². The summed E-state index contributed by atoms with van der Waals surface area (Å²) in [5.41, 5.74) is 1.72. The van der Waals surface area contributed by atoms with Crippen LogP contribution in [0.4, 0.5) is 0 Å². The van der Waals surface area contributed by atoms with Crippen LogP contribution in [-0.2, 0) is 11.3 Å². The first-order valence-corrected chi connectivity index (χ1v) is 9.29. The lowest BCUT2D eigenvalue weighted by atomic mass is 10.2. The van der Waals surface area contributed by atoms with Crippen molar-refractivity contribution in [3.8, 4) is 0 Å². The zero-order valence-electron chi connectivity index (χ0n) is 13.4. The van der Waals surface area contributed by atoms with Crippen molar-refractivity contribution >= 4 is 39.2 Å². The van der Waals surface area contributed by atoms with Crippen molar-refractivity contribution < 1.29 is 4.79 Å². The van der Waals surface area contributed by atoms with Gasteiger partial charge < -0.3 is 9.88 Å². The third kappa shape index (κ3) is 3.85. The number of H-pyrrole nitrogens is 1. The molecule has 7 heteroatoms. The standard InChI is InChI=1S/C17H17N3O2S2/c1-11-3-5-12(6-4-11)24-10-15(21)20(2)9-14-18-13-7-8-23-16(13)17(22)19-14/h3-8H,9-10H2,1-2H3,(H,18,19,22). The number of carbonyl (C=O) groups is 1. The highest BCUT2D eigenvalue weighted by atomic mass is 32.2. The second-order valence-corrected chi connectivity index (χ2v) is 7.46. The topological polar surface area (TPSA) is 66.1 Å². The van der Waals surface area contributed by atoms with Gasteiger partial charge in [-0.2, -0.15) is 0 Å². The summed E-state index contributed by atoms with van der Waals surface area (Å²) in [6, 6.07) is 9.89. The maximum atomic E-state index is 12.3. The van der Waals surface area contributed by atoms with E-state index in [1.165, 1.54) is 28.7 Å². The highest BCUT2D eigenvalue weighted by Gasteiger charge is 2.12. The lowest BCUT2D eigenvalue weighted by molar-refractivity contribution is -0.127. The van der Waals surface area contributed by atoms with Crippen LogP contribution in [-0.4, -0.2) is 33.6 Å². The first kappa shape index (κ1) is 16.7. The van der Waals surface area contributed by atoms with E-state index in [9.17, 15) is 9.59 Å². The smallest absolute Gasteiger partial charge is 0.268 e. The number of aromatic amines is 1. The van der Waals surface area contributed by atoms with Crippen LogP contribution in [0.3, 0.4) is 0 Å². The van der Waals surface area contributed by atoms with Crippen molar-refractivity contribution in [2.24, 2.45) is 0 Å². The molecule has 0 saturated carbocycles. The van der Waals surface area contributed by atoms with E-state index in [-0.39, 0.29) is 18.0 Å². The Morgan fingerprint density at radius 2 is 2.04 bits per heavy atom. The number of nitrogens with one attached hydrogen (secondary N) is 1. The summed E-state index contributed by atoms with van der Waals surface area (Å²) in [6.07, 6.45) is 0. The van der Waals surface area contributed by atoms with Gasteiger partial charge in [-0.15, -0.1) is 23.1 Å². The quantitative estimate of drug-likeness (QED) is 0.711. The third-order valence-electron chi connectivity index (χ3n) is 3.56. The fourth-order valence-electron chi connectivity index (χ4n) is 2.20. The van der Waals surface area contributed by atoms with E-state index >= 15 is 0 Å². The molecule has 0 fully saturated rings. The predicted octanol–water partition coefficient (Wildman–Crippen LogP) is 3.04. The molecule has 1 N–H and O–H groups in total. The fraction of sp³-hybridized carbons (Fsp3) is 0.235. The summed E-state index contributed by atoms with van der Waals surface area (Å²) in [5.74, 6) is 0.848. The molecule has 1 amide bonds. The molecule has 0 spiro atoms. The number of rotatable bonds is 5. The number of amides is 1. The zero-order chi connectivity index (χ0) is 17.1. The molecule has 3 aromatic rings. The Bertz CT molecular complexity index is 915. The Labute approximate surface area is 147 Å². The van der Waals surface area contributed by atoms with Crippen LogP contribution >= 0.6 is 23.1 Å². The summed E-state index contributed by atoms with van der Waals surface area (Å²) >= 11 is 2.87. The van der Waals surface area contributed by atoms with Crippen LogP contribution in [0.15, 0.2) is 45.4 Å². The van der Waals surface area contributed by atoms with Gasteiger partial charge in [0.15, 0.2) is 0 Å². The Balaban J connectivity index is 1.62. The molecule has 0 radical (unpaired) electrons. The van der Waals surface area contributed by atoms with E-state index in [0.717, 1.165) is 4.90 Å². The van der Waals surface area contributed by atoms with Gasteiger partial charge in [0.05, 0.1) is 17.8 Å². The number of nitrogens with zero attached hydrogens (tertiary/aromatic N) is 2. The van der Waals surface area contributed by atoms with Crippen LogP contribution in [0.5, 0.6) is 0 Å². The maximum absolute atomic E-state index is 12.3. The summed E-state index contributed by atoms with van der Waals surface area (Å²) in [7, 11) is 1.72. The molecular weight excluding hydrogens is 342 g/mol. The van der Waals surface area contributed by atoms with Gasteiger partial charge in [0.2, 0.25) is 5.91 Å². The Kier molecular flexibility index (Phi) is 5.01. The van der Waals surface area contributed by atoms with Gasteiger partial charge in [0, 0.05) is 11.9 Å². The SMILES string of the molecule is Cc1ccc(SCC(=O)N(C)Cc2nc3ccsc3c(=O)[nH]2)cc1. The van der Waals surface area contributed by atoms with Gasteiger partial charge in [0.1, 0.15) is 10.5 Å². The molecule has 24 heavy (non-hydrogen) atoms. The number of aromatic nitrogens is 2. The highest BCUT2D eigenvalue weighted by molar-refractivity contribution is 8.00. The normalized spacial score (nSPS) is 10.9. The van der Waals surface area contributed by atoms with Crippen molar-refractivity contribution in [1.29, 1.82) is 0 Å². The Morgan fingerprint density at radius 1 is 1.29 bits per heavy atom. The van der Waals surface area contributed by atoms with Gasteiger partial charge >= 0.3 is 0 Å². The maximum Gasteiger partial charge on any atom is 0.268 e. The van der Waals surface area contributed by atoms with Crippen molar-refractivity contribution in [2.75, 3.05) is 12.8 Å². The van der Waals surface area contributed by atoms with Gasteiger partial charge in [-0.3, -0.25) is 9.59 Å². The minimum absolute atomic E-state index is 0.00589. The monoisotopic (exact) mass is 359 g/mol.